The molecule has 0 aromatic heterocycles. The van der Waals surface area contributed by atoms with E-state index in [4.69, 9.17) is 4.74 Å². The van der Waals surface area contributed by atoms with Crippen molar-refractivity contribution in [2.24, 2.45) is 0 Å². The van der Waals surface area contributed by atoms with Crippen LogP contribution in [0.4, 0.5) is 0 Å². The second-order valence-electron chi connectivity index (χ2n) is 3.63. The average molecular weight is 207 g/mol. The van der Waals surface area contributed by atoms with Crippen LogP contribution in [0.2, 0.25) is 0 Å². The summed E-state index contributed by atoms with van der Waals surface area (Å²) in [5, 5.41) is 3.30. The highest BCUT2D eigenvalue weighted by Crippen LogP contribution is 2.13. The third-order valence-corrected chi connectivity index (χ3v) is 2.24. The Bertz CT molecular complexity index is 273. The molecule has 15 heavy (non-hydrogen) atoms. The van der Waals surface area contributed by atoms with Gasteiger partial charge in [0.05, 0.1) is 6.61 Å². The molecule has 0 unspecified atom stereocenters. The van der Waals surface area contributed by atoms with E-state index in [1.54, 1.807) is 0 Å². The van der Waals surface area contributed by atoms with Crippen LogP contribution < -0.4 is 10.1 Å². The Kier molecular flexibility index (Phi) is 5.86. The number of hydrogen-bond donors (Lipinski definition) is 1. The zero-order valence-electron chi connectivity index (χ0n) is 9.75. The molecule has 0 saturated carbocycles. The van der Waals surface area contributed by atoms with Gasteiger partial charge in [0.2, 0.25) is 0 Å². The first-order chi connectivity index (χ1) is 7.36. The molecule has 0 radical (unpaired) electrons. The van der Waals surface area contributed by atoms with Gasteiger partial charge in [-0.3, -0.25) is 0 Å². The summed E-state index contributed by atoms with van der Waals surface area (Å²) in [7, 11) is 0. The van der Waals surface area contributed by atoms with E-state index in [0.29, 0.717) is 0 Å². The molecule has 84 valence electrons. The maximum Gasteiger partial charge on any atom is 0.119 e. The molecule has 0 heterocycles. The fraction of sp³-hybridized carbons (Fsp3) is 0.538. The normalized spacial score (nSPS) is 10.3. The highest BCUT2D eigenvalue weighted by Gasteiger charge is 1.96. The summed E-state index contributed by atoms with van der Waals surface area (Å²) in [6.07, 6.45) is 2.30. The van der Waals surface area contributed by atoms with Gasteiger partial charge in [-0.25, -0.2) is 0 Å². The first-order valence-corrected chi connectivity index (χ1v) is 5.79. The summed E-state index contributed by atoms with van der Waals surface area (Å²) in [5.74, 6) is 0.985. The maximum absolute atomic E-state index is 5.64. The van der Waals surface area contributed by atoms with Crippen molar-refractivity contribution in [3.05, 3.63) is 29.8 Å². The van der Waals surface area contributed by atoms with Crippen LogP contribution in [0.5, 0.6) is 5.75 Å². The lowest BCUT2D eigenvalue weighted by atomic mass is 10.2. The van der Waals surface area contributed by atoms with Crippen LogP contribution >= 0.6 is 0 Å². The molecule has 2 nitrogen and oxygen atoms in total. The van der Waals surface area contributed by atoms with Gasteiger partial charge in [-0.1, -0.05) is 32.4 Å². The fourth-order valence-electron chi connectivity index (χ4n) is 1.35. The fourth-order valence-corrected chi connectivity index (χ4v) is 1.35. The van der Waals surface area contributed by atoms with E-state index in [2.05, 4.69) is 31.3 Å². The number of nitrogens with one attached hydrogen (secondary N) is 1. The number of unbranched alkanes of at least 4 members (excludes halogenated alkanes) is 1. The van der Waals surface area contributed by atoms with Gasteiger partial charge in [-0.2, -0.15) is 0 Å². The van der Waals surface area contributed by atoms with E-state index in [1.165, 1.54) is 12.0 Å². The minimum atomic E-state index is 0.821. The summed E-state index contributed by atoms with van der Waals surface area (Å²) >= 11 is 0. The highest BCUT2D eigenvalue weighted by atomic mass is 16.5. The van der Waals surface area contributed by atoms with E-state index >= 15 is 0 Å². The molecular weight excluding hydrogens is 186 g/mol. The van der Waals surface area contributed by atoms with Crippen molar-refractivity contribution in [3.8, 4) is 5.75 Å². The first kappa shape index (κ1) is 12.1. The summed E-state index contributed by atoms with van der Waals surface area (Å²) in [6.45, 7) is 7.02. The second-order valence-corrected chi connectivity index (χ2v) is 3.63. The number of hydrogen-bond acceptors (Lipinski definition) is 2. The molecule has 0 fully saturated rings. The van der Waals surface area contributed by atoms with Crippen LogP contribution in [0.25, 0.3) is 0 Å². The molecule has 1 aromatic carbocycles. The van der Waals surface area contributed by atoms with Crippen molar-refractivity contribution in [1.82, 2.24) is 5.32 Å². The van der Waals surface area contributed by atoms with Crippen molar-refractivity contribution < 1.29 is 4.74 Å². The molecule has 1 aromatic rings. The van der Waals surface area contributed by atoms with Gasteiger partial charge in [0.1, 0.15) is 5.75 Å². The minimum absolute atomic E-state index is 0.821. The van der Waals surface area contributed by atoms with Crippen LogP contribution in [-0.4, -0.2) is 13.2 Å². The van der Waals surface area contributed by atoms with Crippen LogP contribution in [-0.2, 0) is 6.54 Å². The lowest BCUT2D eigenvalue weighted by molar-refractivity contribution is 0.309. The van der Waals surface area contributed by atoms with Crippen LogP contribution in [0, 0.1) is 0 Å². The molecule has 0 spiro atoms. The van der Waals surface area contributed by atoms with Crippen LogP contribution in [0.15, 0.2) is 24.3 Å². The molecule has 0 aliphatic carbocycles. The molecule has 1 N–H and O–H groups in total. The van der Waals surface area contributed by atoms with E-state index < -0.39 is 0 Å². The molecule has 0 saturated heterocycles. The molecule has 0 bridgehead atoms. The van der Waals surface area contributed by atoms with E-state index in [0.717, 1.165) is 31.9 Å². The van der Waals surface area contributed by atoms with Crippen molar-refractivity contribution in [1.29, 1.82) is 0 Å². The Morgan fingerprint density at radius 1 is 1.27 bits per heavy atom. The second kappa shape index (κ2) is 7.30. The number of ether oxygens (including phenoxy) is 1. The summed E-state index contributed by atoms with van der Waals surface area (Å²) in [4.78, 5) is 0. The van der Waals surface area contributed by atoms with Gasteiger partial charge in [-0.15, -0.1) is 0 Å². The summed E-state index contributed by atoms with van der Waals surface area (Å²) in [5.41, 5.74) is 1.28. The summed E-state index contributed by atoms with van der Waals surface area (Å²) < 4.78 is 5.64. The zero-order valence-corrected chi connectivity index (χ0v) is 9.75. The Labute approximate surface area is 92.6 Å². The minimum Gasteiger partial charge on any atom is -0.494 e. The molecule has 0 amide bonds. The molecule has 0 aliphatic rings. The van der Waals surface area contributed by atoms with E-state index in [1.807, 2.05) is 12.1 Å². The van der Waals surface area contributed by atoms with Gasteiger partial charge in [0.15, 0.2) is 0 Å². The molecule has 1 rings (SSSR count). The van der Waals surface area contributed by atoms with Gasteiger partial charge >= 0.3 is 0 Å². The third kappa shape index (κ3) is 4.84. The quantitative estimate of drug-likeness (QED) is 0.694. The Morgan fingerprint density at radius 2 is 2.13 bits per heavy atom. The smallest absolute Gasteiger partial charge is 0.119 e. The Morgan fingerprint density at radius 3 is 2.87 bits per heavy atom. The van der Waals surface area contributed by atoms with Gasteiger partial charge in [0.25, 0.3) is 0 Å². The zero-order chi connectivity index (χ0) is 10.9. The van der Waals surface area contributed by atoms with Crippen LogP contribution in [0.1, 0.15) is 32.3 Å². The van der Waals surface area contributed by atoms with Crippen LogP contribution in [0.3, 0.4) is 0 Å². The van der Waals surface area contributed by atoms with Gasteiger partial charge < -0.3 is 10.1 Å². The third-order valence-electron chi connectivity index (χ3n) is 2.24. The number of benzene rings is 1. The predicted molar refractivity (Wildman–Crippen MR) is 64.2 cm³/mol. The lowest BCUT2D eigenvalue weighted by Gasteiger charge is -2.07. The lowest BCUT2D eigenvalue weighted by Crippen LogP contribution is -2.11. The Balaban J connectivity index is 2.42. The van der Waals surface area contributed by atoms with Gasteiger partial charge in [0, 0.05) is 6.54 Å². The first-order valence-electron chi connectivity index (χ1n) is 5.79. The maximum atomic E-state index is 5.64. The van der Waals surface area contributed by atoms with E-state index in [-0.39, 0.29) is 0 Å². The largest absolute Gasteiger partial charge is 0.494 e. The van der Waals surface area contributed by atoms with E-state index in [9.17, 15) is 0 Å². The Hall–Kier alpha value is -1.02. The predicted octanol–water partition coefficient (Wildman–Crippen LogP) is 2.98. The number of rotatable bonds is 7. The molecule has 2 heteroatoms. The van der Waals surface area contributed by atoms with Crippen molar-refractivity contribution in [2.45, 2.75) is 33.2 Å². The molecular formula is C13H21NO. The van der Waals surface area contributed by atoms with Crippen molar-refractivity contribution >= 4 is 0 Å². The SMILES string of the molecule is CCCCOc1cccc(CNCC)c1. The topological polar surface area (TPSA) is 21.3 Å². The monoisotopic (exact) mass is 207 g/mol. The molecule has 0 aliphatic heterocycles. The van der Waals surface area contributed by atoms with Gasteiger partial charge in [-0.05, 0) is 30.7 Å². The van der Waals surface area contributed by atoms with Crippen molar-refractivity contribution in [3.63, 3.8) is 0 Å². The average Bonchev–Trinajstić information content (AvgIpc) is 2.27. The summed E-state index contributed by atoms with van der Waals surface area (Å²) in [6, 6.07) is 8.30. The standard InChI is InChI=1S/C13H21NO/c1-3-5-9-15-13-8-6-7-12(10-13)11-14-4-2/h6-8,10,14H,3-5,9,11H2,1-2H3. The highest BCUT2D eigenvalue weighted by molar-refractivity contribution is 5.28. The van der Waals surface area contributed by atoms with Crippen molar-refractivity contribution in [2.75, 3.05) is 13.2 Å². The molecule has 0 atom stereocenters.